The van der Waals surface area contributed by atoms with Crippen molar-refractivity contribution in [2.75, 3.05) is 46.1 Å². The molecule has 154 valence electrons. The molecular weight excluding hydrogens is 334 g/mol. The van der Waals surface area contributed by atoms with Crippen molar-refractivity contribution in [1.82, 2.24) is 16.0 Å². The summed E-state index contributed by atoms with van der Waals surface area (Å²) in [7, 11) is 0. The SMILES string of the molecule is CC(C)CCCCCNC(=O)COCCOCCNC(=O)CNC(C)C. The van der Waals surface area contributed by atoms with Crippen LogP contribution in [0.25, 0.3) is 0 Å². The molecule has 2 amide bonds. The Labute approximate surface area is 159 Å². The maximum absolute atomic E-state index is 11.6. The van der Waals surface area contributed by atoms with Gasteiger partial charge in [-0.15, -0.1) is 0 Å². The number of ether oxygens (including phenoxy) is 2. The second-order valence-electron chi connectivity index (χ2n) is 7.14. The van der Waals surface area contributed by atoms with E-state index in [9.17, 15) is 9.59 Å². The molecule has 0 bridgehead atoms. The summed E-state index contributed by atoms with van der Waals surface area (Å²) in [6.07, 6.45) is 4.63. The molecule has 0 spiro atoms. The number of hydrogen-bond acceptors (Lipinski definition) is 5. The zero-order valence-corrected chi connectivity index (χ0v) is 17.1. The molecule has 0 aromatic heterocycles. The molecule has 0 atom stereocenters. The smallest absolute Gasteiger partial charge is 0.245 e. The fourth-order valence-corrected chi connectivity index (χ4v) is 2.14. The van der Waals surface area contributed by atoms with E-state index in [1.54, 1.807) is 0 Å². The van der Waals surface area contributed by atoms with Crippen LogP contribution in [0.15, 0.2) is 0 Å². The van der Waals surface area contributed by atoms with Crippen molar-refractivity contribution in [3.63, 3.8) is 0 Å². The van der Waals surface area contributed by atoms with Crippen LogP contribution in [0.1, 0.15) is 53.4 Å². The van der Waals surface area contributed by atoms with Crippen molar-refractivity contribution >= 4 is 11.8 Å². The molecule has 0 fully saturated rings. The molecule has 3 N–H and O–H groups in total. The molecule has 0 saturated heterocycles. The quantitative estimate of drug-likeness (QED) is 0.336. The van der Waals surface area contributed by atoms with E-state index in [0.717, 1.165) is 18.8 Å². The summed E-state index contributed by atoms with van der Waals surface area (Å²) < 4.78 is 10.6. The van der Waals surface area contributed by atoms with Crippen molar-refractivity contribution in [2.24, 2.45) is 5.92 Å². The zero-order chi connectivity index (χ0) is 19.6. The van der Waals surface area contributed by atoms with Gasteiger partial charge in [-0.25, -0.2) is 0 Å². The molecule has 7 nitrogen and oxygen atoms in total. The van der Waals surface area contributed by atoms with Crippen LogP contribution < -0.4 is 16.0 Å². The summed E-state index contributed by atoms with van der Waals surface area (Å²) in [6.45, 7) is 11.2. The monoisotopic (exact) mass is 373 g/mol. The second-order valence-corrected chi connectivity index (χ2v) is 7.14. The summed E-state index contributed by atoms with van der Waals surface area (Å²) in [5, 5.41) is 8.66. The van der Waals surface area contributed by atoms with E-state index in [4.69, 9.17) is 9.47 Å². The van der Waals surface area contributed by atoms with Crippen molar-refractivity contribution in [3.8, 4) is 0 Å². The van der Waals surface area contributed by atoms with Crippen LogP contribution >= 0.6 is 0 Å². The number of carbonyl (C=O) groups excluding carboxylic acids is 2. The number of nitrogens with one attached hydrogen (secondary N) is 3. The zero-order valence-electron chi connectivity index (χ0n) is 17.1. The van der Waals surface area contributed by atoms with E-state index in [2.05, 4.69) is 29.8 Å². The largest absolute Gasteiger partial charge is 0.377 e. The van der Waals surface area contributed by atoms with Gasteiger partial charge in [-0.1, -0.05) is 47.0 Å². The maximum Gasteiger partial charge on any atom is 0.245 e. The molecule has 0 aliphatic rings. The molecule has 0 radical (unpaired) electrons. The lowest BCUT2D eigenvalue weighted by molar-refractivity contribution is -0.126. The highest BCUT2D eigenvalue weighted by Crippen LogP contribution is 2.07. The van der Waals surface area contributed by atoms with Gasteiger partial charge in [0.05, 0.1) is 26.4 Å². The van der Waals surface area contributed by atoms with E-state index in [-0.39, 0.29) is 24.5 Å². The lowest BCUT2D eigenvalue weighted by Gasteiger charge is -2.09. The molecule has 7 heteroatoms. The topological polar surface area (TPSA) is 88.7 Å². The maximum atomic E-state index is 11.6. The van der Waals surface area contributed by atoms with Gasteiger partial charge in [0.1, 0.15) is 6.61 Å². The third-order valence-corrected chi connectivity index (χ3v) is 3.63. The van der Waals surface area contributed by atoms with Gasteiger partial charge in [-0.05, 0) is 12.3 Å². The number of carbonyl (C=O) groups is 2. The third kappa shape index (κ3) is 19.1. The molecule has 0 unspecified atom stereocenters. The number of rotatable bonds is 17. The van der Waals surface area contributed by atoms with Gasteiger partial charge in [0.2, 0.25) is 11.8 Å². The number of amides is 2. The summed E-state index contributed by atoms with van der Waals surface area (Å²) in [5.74, 6) is 0.622. The highest BCUT2D eigenvalue weighted by atomic mass is 16.5. The highest BCUT2D eigenvalue weighted by molar-refractivity contribution is 5.78. The lowest BCUT2D eigenvalue weighted by atomic mass is 10.1. The van der Waals surface area contributed by atoms with Gasteiger partial charge in [0.15, 0.2) is 0 Å². The van der Waals surface area contributed by atoms with Gasteiger partial charge >= 0.3 is 0 Å². The highest BCUT2D eigenvalue weighted by Gasteiger charge is 2.02. The van der Waals surface area contributed by atoms with Gasteiger partial charge in [0, 0.05) is 19.1 Å². The Hall–Kier alpha value is -1.18. The van der Waals surface area contributed by atoms with Gasteiger partial charge in [-0.3, -0.25) is 9.59 Å². The van der Waals surface area contributed by atoms with Crippen LogP contribution in [-0.2, 0) is 19.1 Å². The summed E-state index contributed by atoms with van der Waals surface area (Å²) in [4.78, 5) is 23.0. The first-order valence-electron chi connectivity index (χ1n) is 9.84. The summed E-state index contributed by atoms with van der Waals surface area (Å²) >= 11 is 0. The summed E-state index contributed by atoms with van der Waals surface area (Å²) in [5.41, 5.74) is 0. The van der Waals surface area contributed by atoms with Crippen molar-refractivity contribution in [1.29, 1.82) is 0 Å². The van der Waals surface area contributed by atoms with Crippen LogP contribution in [-0.4, -0.2) is 63.9 Å². The molecule has 0 aliphatic heterocycles. The van der Waals surface area contributed by atoms with E-state index in [0.29, 0.717) is 39.5 Å². The predicted octanol–water partition coefficient (Wildman–Crippen LogP) is 1.47. The normalized spacial score (nSPS) is 11.2. The molecule has 0 rings (SSSR count). The van der Waals surface area contributed by atoms with E-state index >= 15 is 0 Å². The minimum absolute atomic E-state index is 0.0422. The Morgan fingerprint density at radius 1 is 0.808 bits per heavy atom. The summed E-state index contributed by atoms with van der Waals surface area (Å²) in [6, 6.07) is 0.288. The van der Waals surface area contributed by atoms with Crippen molar-refractivity contribution in [2.45, 2.75) is 59.4 Å². The van der Waals surface area contributed by atoms with Crippen molar-refractivity contribution in [3.05, 3.63) is 0 Å². The Balaban J connectivity index is 3.29. The third-order valence-electron chi connectivity index (χ3n) is 3.63. The molecular formula is C19H39N3O4. The molecule has 0 heterocycles. The lowest BCUT2D eigenvalue weighted by Crippen LogP contribution is -2.38. The minimum atomic E-state index is -0.0845. The predicted molar refractivity (Wildman–Crippen MR) is 104 cm³/mol. The first kappa shape index (κ1) is 24.8. The van der Waals surface area contributed by atoms with E-state index in [1.807, 2.05) is 13.8 Å². The second kappa shape index (κ2) is 17.2. The Morgan fingerprint density at radius 2 is 1.50 bits per heavy atom. The van der Waals surface area contributed by atoms with Gasteiger partial charge in [-0.2, -0.15) is 0 Å². The van der Waals surface area contributed by atoms with Crippen LogP contribution in [0.2, 0.25) is 0 Å². The minimum Gasteiger partial charge on any atom is -0.377 e. The van der Waals surface area contributed by atoms with Crippen LogP contribution in [0, 0.1) is 5.92 Å². The van der Waals surface area contributed by atoms with Crippen molar-refractivity contribution < 1.29 is 19.1 Å². The molecule has 0 aromatic carbocycles. The van der Waals surface area contributed by atoms with E-state index < -0.39 is 0 Å². The van der Waals surface area contributed by atoms with Gasteiger partial charge in [0.25, 0.3) is 0 Å². The molecule has 0 aliphatic carbocycles. The molecule has 0 saturated carbocycles. The average molecular weight is 374 g/mol. The Kier molecular flexibility index (Phi) is 16.5. The number of hydrogen-bond donors (Lipinski definition) is 3. The first-order chi connectivity index (χ1) is 12.4. The van der Waals surface area contributed by atoms with Crippen LogP contribution in [0.4, 0.5) is 0 Å². The Morgan fingerprint density at radius 3 is 2.19 bits per heavy atom. The average Bonchev–Trinajstić information content (AvgIpc) is 2.58. The number of unbranched alkanes of at least 4 members (excludes halogenated alkanes) is 2. The van der Waals surface area contributed by atoms with Gasteiger partial charge < -0.3 is 25.4 Å². The van der Waals surface area contributed by atoms with Crippen LogP contribution in [0.5, 0.6) is 0 Å². The molecule has 26 heavy (non-hydrogen) atoms. The Bertz CT molecular complexity index is 363. The van der Waals surface area contributed by atoms with Crippen LogP contribution in [0.3, 0.4) is 0 Å². The standard InChI is InChI=1S/C19H39N3O4/c1-16(2)8-6-5-7-9-20-19(24)15-26-13-12-25-11-10-21-18(23)14-22-17(3)4/h16-17,22H,5-15H2,1-4H3,(H,20,24)(H,21,23). The molecule has 0 aromatic rings. The fourth-order valence-electron chi connectivity index (χ4n) is 2.14. The van der Waals surface area contributed by atoms with E-state index in [1.165, 1.54) is 12.8 Å². The first-order valence-corrected chi connectivity index (χ1v) is 9.84. The fraction of sp³-hybridized carbons (Fsp3) is 0.895.